The van der Waals surface area contributed by atoms with Crippen LogP contribution in [0.2, 0.25) is 0 Å². The Bertz CT molecular complexity index is 685. The van der Waals surface area contributed by atoms with Gasteiger partial charge in [0.15, 0.2) is 0 Å². The molecule has 0 bridgehead atoms. The quantitative estimate of drug-likeness (QED) is 0.837. The molecule has 3 rings (SSSR count). The van der Waals surface area contributed by atoms with Crippen LogP contribution in [0.25, 0.3) is 0 Å². The maximum atomic E-state index is 12.5. The van der Waals surface area contributed by atoms with Crippen LogP contribution in [0.4, 0.5) is 15.3 Å². The summed E-state index contributed by atoms with van der Waals surface area (Å²) in [5, 5.41) is 0. The van der Waals surface area contributed by atoms with Crippen LogP contribution >= 0.6 is 0 Å². The number of nitrogen functional groups attached to an aromatic ring is 1. The van der Waals surface area contributed by atoms with Gasteiger partial charge in [-0.3, -0.25) is 4.98 Å². The Morgan fingerprint density at radius 2 is 2.12 bits per heavy atom. The third-order valence-corrected chi connectivity index (χ3v) is 4.80. The molecule has 1 aromatic heterocycles. The monoisotopic (exact) mass is 347 g/mol. The Morgan fingerprint density at radius 1 is 1.40 bits per heavy atom. The topological polar surface area (TPSA) is 94.8 Å². The summed E-state index contributed by atoms with van der Waals surface area (Å²) >= 11 is 0. The van der Waals surface area contributed by atoms with E-state index in [4.69, 9.17) is 15.2 Å². The normalized spacial score (nSPS) is 29.1. The smallest absolute Gasteiger partial charge is 0.420 e. The summed E-state index contributed by atoms with van der Waals surface area (Å²) in [6.07, 6.45) is 3.21. The number of carbonyl (C=O) groups is 2. The van der Waals surface area contributed by atoms with E-state index < -0.39 is 17.8 Å². The molecule has 0 radical (unpaired) electrons. The van der Waals surface area contributed by atoms with Crippen molar-refractivity contribution in [3.63, 3.8) is 0 Å². The van der Waals surface area contributed by atoms with Crippen molar-refractivity contribution < 1.29 is 19.1 Å². The van der Waals surface area contributed by atoms with Crippen LogP contribution in [0.1, 0.15) is 52.0 Å². The summed E-state index contributed by atoms with van der Waals surface area (Å²) in [5.41, 5.74) is 7.03. The zero-order valence-corrected chi connectivity index (χ0v) is 15.1. The van der Waals surface area contributed by atoms with Gasteiger partial charge in [0.05, 0.1) is 17.9 Å². The standard InChI is InChI=1S/C18H25N3O4/c1-10-7-11(12-5-6-20-9-13(12)19)8-14-15(10)24-16(22)21(14)17(23)25-18(2,3)4/h5-6,9-11,14-15H,7-8,19H2,1-4H3/t10-,11+,14+,15-/m0/s1. The van der Waals surface area contributed by atoms with Crippen molar-refractivity contribution in [3.8, 4) is 0 Å². The van der Waals surface area contributed by atoms with E-state index in [9.17, 15) is 9.59 Å². The Balaban J connectivity index is 1.86. The first-order valence-electron chi connectivity index (χ1n) is 8.59. The van der Waals surface area contributed by atoms with Gasteiger partial charge in [0, 0.05) is 6.20 Å². The zero-order chi connectivity index (χ0) is 18.4. The molecule has 2 amide bonds. The largest absolute Gasteiger partial charge is 0.443 e. The molecule has 0 aromatic carbocycles. The molecule has 1 saturated carbocycles. The highest BCUT2D eigenvalue weighted by molar-refractivity contribution is 5.90. The Labute approximate surface area is 147 Å². The molecule has 2 heterocycles. The lowest BCUT2D eigenvalue weighted by atomic mass is 9.74. The van der Waals surface area contributed by atoms with Crippen molar-refractivity contribution >= 4 is 17.9 Å². The molecule has 1 saturated heterocycles. The van der Waals surface area contributed by atoms with Gasteiger partial charge in [0.2, 0.25) is 0 Å². The molecule has 7 heteroatoms. The number of rotatable bonds is 1. The van der Waals surface area contributed by atoms with Crippen LogP contribution < -0.4 is 5.73 Å². The third kappa shape index (κ3) is 3.41. The van der Waals surface area contributed by atoms with Gasteiger partial charge in [0.1, 0.15) is 11.7 Å². The van der Waals surface area contributed by atoms with Crippen LogP contribution in [0.15, 0.2) is 18.5 Å². The fourth-order valence-corrected chi connectivity index (χ4v) is 3.80. The average Bonchev–Trinajstić information content (AvgIpc) is 2.82. The van der Waals surface area contributed by atoms with Crippen molar-refractivity contribution in [1.82, 2.24) is 9.88 Å². The maximum Gasteiger partial charge on any atom is 0.420 e. The van der Waals surface area contributed by atoms with Crippen molar-refractivity contribution in [2.24, 2.45) is 5.92 Å². The lowest BCUT2D eigenvalue weighted by Crippen LogP contribution is -2.48. The SMILES string of the molecule is C[C@H]1C[C@@H](c2ccncc2N)C[C@@H]2[C@H]1OC(=O)N2C(=O)OC(C)(C)C. The van der Waals surface area contributed by atoms with Crippen molar-refractivity contribution in [1.29, 1.82) is 0 Å². The molecule has 0 spiro atoms. The van der Waals surface area contributed by atoms with E-state index in [-0.39, 0.29) is 24.0 Å². The molecule has 7 nitrogen and oxygen atoms in total. The molecular weight excluding hydrogens is 322 g/mol. The van der Waals surface area contributed by atoms with Crippen molar-refractivity contribution in [3.05, 3.63) is 24.0 Å². The third-order valence-electron chi connectivity index (χ3n) is 4.80. The van der Waals surface area contributed by atoms with E-state index in [1.54, 1.807) is 33.2 Å². The molecule has 1 aromatic rings. The predicted octanol–water partition coefficient (Wildman–Crippen LogP) is 3.30. The summed E-state index contributed by atoms with van der Waals surface area (Å²) < 4.78 is 10.9. The minimum Gasteiger partial charge on any atom is -0.443 e. The predicted molar refractivity (Wildman–Crippen MR) is 91.9 cm³/mol. The first-order valence-corrected chi connectivity index (χ1v) is 8.59. The average molecular weight is 347 g/mol. The number of fused-ring (bicyclic) bond motifs is 1. The summed E-state index contributed by atoms with van der Waals surface area (Å²) in [7, 11) is 0. The minimum absolute atomic E-state index is 0.118. The number of nitrogens with two attached hydrogens (primary N) is 1. The van der Waals surface area contributed by atoms with Crippen molar-refractivity contribution in [2.45, 2.75) is 64.2 Å². The fourth-order valence-electron chi connectivity index (χ4n) is 3.80. The van der Waals surface area contributed by atoms with E-state index in [0.29, 0.717) is 12.1 Å². The molecule has 2 fully saturated rings. The fraction of sp³-hybridized carbons (Fsp3) is 0.611. The number of hydrogen-bond donors (Lipinski definition) is 1. The number of hydrogen-bond acceptors (Lipinski definition) is 6. The second kappa shape index (κ2) is 6.20. The lowest BCUT2D eigenvalue weighted by Gasteiger charge is -2.37. The maximum absolute atomic E-state index is 12.5. The van der Waals surface area contributed by atoms with Crippen molar-refractivity contribution in [2.75, 3.05) is 5.73 Å². The second-order valence-electron chi connectivity index (χ2n) is 7.92. The number of imide groups is 1. The molecule has 136 valence electrons. The van der Waals surface area contributed by atoms with Gasteiger partial charge < -0.3 is 15.2 Å². The van der Waals surface area contributed by atoms with Crippen LogP contribution in [0.5, 0.6) is 0 Å². The summed E-state index contributed by atoms with van der Waals surface area (Å²) in [6.45, 7) is 7.35. The number of ether oxygens (including phenoxy) is 2. The highest BCUT2D eigenvalue weighted by atomic mass is 16.6. The highest BCUT2D eigenvalue weighted by Crippen LogP contribution is 2.44. The van der Waals surface area contributed by atoms with Gasteiger partial charge in [-0.2, -0.15) is 0 Å². The van der Waals surface area contributed by atoms with E-state index >= 15 is 0 Å². The lowest BCUT2D eigenvalue weighted by molar-refractivity contribution is 0.0233. The van der Waals surface area contributed by atoms with E-state index in [2.05, 4.69) is 4.98 Å². The number of carbonyl (C=O) groups excluding carboxylic acids is 2. The molecule has 4 atom stereocenters. The number of nitrogens with zero attached hydrogens (tertiary/aromatic N) is 2. The summed E-state index contributed by atoms with van der Waals surface area (Å²) in [4.78, 5) is 30.0. The van der Waals surface area contributed by atoms with E-state index in [1.807, 2.05) is 13.0 Å². The zero-order valence-electron chi connectivity index (χ0n) is 15.1. The van der Waals surface area contributed by atoms with E-state index in [0.717, 1.165) is 16.9 Å². The molecule has 2 N–H and O–H groups in total. The molecule has 2 aliphatic rings. The van der Waals surface area contributed by atoms with Gasteiger partial charge in [-0.15, -0.1) is 0 Å². The second-order valence-corrected chi connectivity index (χ2v) is 7.92. The van der Waals surface area contributed by atoms with E-state index in [1.165, 1.54) is 0 Å². The molecule has 1 aliphatic carbocycles. The summed E-state index contributed by atoms with van der Waals surface area (Å²) in [5.74, 6) is 0.256. The highest BCUT2D eigenvalue weighted by Gasteiger charge is 2.52. The Kier molecular flexibility index (Phi) is 4.34. The molecular formula is C18H25N3O4. The van der Waals surface area contributed by atoms with Crippen LogP contribution in [0, 0.1) is 5.92 Å². The van der Waals surface area contributed by atoms with Gasteiger partial charge in [-0.05, 0) is 57.1 Å². The molecule has 1 aliphatic heterocycles. The number of anilines is 1. The van der Waals surface area contributed by atoms with Crippen LogP contribution in [-0.2, 0) is 9.47 Å². The summed E-state index contributed by atoms with van der Waals surface area (Å²) in [6, 6.07) is 1.56. The Hall–Kier alpha value is -2.31. The Morgan fingerprint density at radius 3 is 2.76 bits per heavy atom. The van der Waals surface area contributed by atoms with Crippen LogP contribution in [-0.4, -0.2) is 39.8 Å². The van der Waals surface area contributed by atoms with Crippen LogP contribution in [0.3, 0.4) is 0 Å². The first kappa shape index (κ1) is 17.5. The van der Waals surface area contributed by atoms with Gasteiger partial charge >= 0.3 is 12.2 Å². The molecule has 0 unspecified atom stereocenters. The van der Waals surface area contributed by atoms with Gasteiger partial charge in [-0.1, -0.05) is 6.92 Å². The number of aromatic nitrogens is 1. The minimum atomic E-state index is -0.676. The first-order chi connectivity index (χ1) is 11.7. The van der Waals surface area contributed by atoms with Gasteiger partial charge in [-0.25, -0.2) is 14.5 Å². The number of pyridine rings is 1. The number of amides is 2. The molecule has 25 heavy (non-hydrogen) atoms. The van der Waals surface area contributed by atoms with Gasteiger partial charge in [0.25, 0.3) is 0 Å².